The van der Waals surface area contributed by atoms with E-state index in [1.807, 2.05) is 26.0 Å². The summed E-state index contributed by atoms with van der Waals surface area (Å²) < 4.78 is 21.6. The molecule has 0 aromatic heterocycles. The van der Waals surface area contributed by atoms with Crippen molar-refractivity contribution >= 4 is 24.2 Å². The van der Waals surface area contributed by atoms with Crippen LogP contribution >= 0.6 is 0 Å². The highest BCUT2D eigenvalue weighted by atomic mass is 16.5. The summed E-state index contributed by atoms with van der Waals surface area (Å²) >= 11 is 0. The topological polar surface area (TPSA) is 120 Å². The van der Waals surface area contributed by atoms with Gasteiger partial charge in [0.05, 0.1) is 39.9 Å². The molecular weight excluding hydrogens is 476 g/mol. The number of nitrogens with one attached hydrogen (secondary N) is 2. The molecule has 0 heterocycles. The van der Waals surface area contributed by atoms with E-state index < -0.39 is 0 Å². The third-order valence-corrected chi connectivity index (χ3v) is 5.09. The lowest BCUT2D eigenvalue weighted by Gasteiger charge is -2.09. The standard InChI is InChI=1S/C27H36N4O6/c1-5-36-22-14-12-20(16-24(22)34-3)18-28-30-26(32)10-8-7-9-11-27(33)31-29-19-21-13-15-23(37-6-2)25(17-21)35-4/h12-19H,5-11H2,1-4H3,(H,30,32)(H,31,33). The number of hydrogen-bond donors (Lipinski definition) is 2. The highest BCUT2D eigenvalue weighted by molar-refractivity contribution is 5.84. The second-order valence-electron chi connectivity index (χ2n) is 7.83. The summed E-state index contributed by atoms with van der Waals surface area (Å²) in [6.45, 7) is 4.88. The van der Waals surface area contributed by atoms with E-state index in [2.05, 4.69) is 21.1 Å². The number of carbonyl (C=O) groups excluding carboxylic acids is 2. The lowest BCUT2D eigenvalue weighted by molar-refractivity contribution is -0.121. The maximum atomic E-state index is 12.0. The monoisotopic (exact) mass is 512 g/mol. The minimum atomic E-state index is -0.186. The van der Waals surface area contributed by atoms with Gasteiger partial charge in [0.25, 0.3) is 0 Å². The van der Waals surface area contributed by atoms with Gasteiger partial charge in [-0.05, 0) is 74.2 Å². The van der Waals surface area contributed by atoms with Crippen LogP contribution in [-0.4, -0.2) is 51.7 Å². The number of methoxy groups -OCH3 is 2. The molecule has 2 aromatic rings. The molecule has 0 radical (unpaired) electrons. The third-order valence-electron chi connectivity index (χ3n) is 5.09. The summed E-state index contributed by atoms with van der Waals surface area (Å²) in [6, 6.07) is 10.8. The van der Waals surface area contributed by atoms with Gasteiger partial charge in [-0.3, -0.25) is 9.59 Å². The zero-order valence-electron chi connectivity index (χ0n) is 21.9. The number of unbranched alkanes of at least 4 members (excludes halogenated alkanes) is 2. The number of nitrogens with zero attached hydrogens (tertiary/aromatic N) is 2. The highest BCUT2D eigenvalue weighted by Gasteiger charge is 2.06. The van der Waals surface area contributed by atoms with Crippen LogP contribution in [0.3, 0.4) is 0 Å². The molecule has 0 fully saturated rings. The van der Waals surface area contributed by atoms with E-state index in [9.17, 15) is 9.59 Å². The number of carbonyl (C=O) groups is 2. The molecular formula is C27H36N4O6. The maximum Gasteiger partial charge on any atom is 0.240 e. The predicted molar refractivity (Wildman–Crippen MR) is 143 cm³/mol. The molecule has 0 atom stereocenters. The van der Waals surface area contributed by atoms with E-state index in [0.717, 1.165) is 17.5 Å². The van der Waals surface area contributed by atoms with Crippen LogP contribution in [-0.2, 0) is 9.59 Å². The van der Waals surface area contributed by atoms with Crippen LogP contribution in [0.15, 0.2) is 46.6 Å². The summed E-state index contributed by atoms with van der Waals surface area (Å²) in [5, 5.41) is 7.97. The second kappa shape index (κ2) is 16.6. The largest absolute Gasteiger partial charge is 0.493 e. The van der Waals surface area contributed by atoms with Gasteiger partial charge >= 0.3 is 0 Å². The first-order chi connectivity index (χ1) is 18.0. The molecule has 200 valence electrons. The average Bonchev–Trinajstić information content (AvgIpc) is 2.90. The normalized spacial score (nSPS) is 10.9. The Kier molecular flexibility index (Phi) is 13.1. The fraction of sp³-hybridized carbons (Fsp3) is 0.407. The third kappa shape index (κ3) is 10.6. The van der Waals surface area contributed by atoms with Gasteiger partial charge < -0.3 is 18.9 Å². The molecule has 0 aliphatic rings. The Morgan fingerprint density at radius 3 is 1.51 bits per heavy atom. The number of hydrazone groups is 2. The lowest BCUT2D eigenvalue weighted by atomic mass is 10.1. The average molecular weight is 513 g/mol. The molecule has 10 nitrogen and oxygen atoms in total. The van der Waals surface area contributed by atoms with Crippen molar-refractivity contribution in [2.75, 3.05) is 27.4 Å². The Morgan fingerprint density at radius 1 is 0.703 bits per heavy atom. The van der Waals surface area contributed by atoms with Crippen molar-refractivity contribution < 1.29 is 28.5 Å². The fourth-order valence-corrected chi connectivity index (χ4v) is 3.30. The summed E-state index contributed by atoms with van der Waals surface area (Å²) in [4.78, 5) is 24.0. The predicted octanol–water partition coefficient (Wildman–Crippen LogP) is 4.05. The molecule has 2 rings (SSSR count). The van der Waals surface area contributed by atoms with Crippen LogP contribution < -0.4 is 29.8 Å². The van der Waals surface area contributed by atoms with Crippen molar-refractivity contribution in [3.63, 3.8) is 0 Å². The van der Waals surface area contributed by atoms with E-state index >= 15 is 0 Å². The second-order valence-corrected chi connectivity index (χ2v) is 7.83. The Hall–Kier alpha value is -4.08. The van der Waals surface area contributed by atoms with Gasteiger partial charge in [0.2, 0.25) is 11.8 Å². The molecule has 0 aliphatic heterocycles. The number of amides is 2. The molecule has 0 aliphatic carbocycles. The summed E-state index contributed by atoms with van der Waals surface area (Å²) in [7, 11) is 3.14. The molecule has 0 unspecified atom stereocenters. The van der Waals surface area contributed by atoms with Gasteiger partial charge in [0.15, 0.2) is 23.0 Å². The number of ether oxygens (including phenoxy) is 4. The van der Waals surface area contributed by atoms with Crippen molar-refractivity contribution in [1.82, 2.24) is 10.9 Å². The molecule has 2 amide bonds. The fourth-order valence-electron chi connectivity index (χ4n) is 3.30. The first-order valence-corrected chi connectivity index (χ1v) is 12.3. The first kappa shape index (κ1) is 29.2. The molecule has 37 heavy (non-hydrogen) atoms. The Labute approximate surface area is 218 Å². The Bertz CT molecular complexity index is 987. The smallest absolute Gasteiger partial charge is 0.240 e. The SMILES string of the molecule is CCOc1ccc(C=NNC(=O)CCCCCC(=O)NN=Cc2ccc(OCC)c(OC)c2)cc1OC. The Morgan fingerprint density at radius 2 is 1.14 bits per heavy atom. The van der Waals surface area contributed by atoms with Crippen LogP contribution in [0.5, 0.6) is 23.0 Å². The Balaban J connectivity index is 1.63. The van der Waals surface area contributed by atoms with Gasteiger partial charge in [-0.1, -0.05) is 6.42 Å². The number of rotatable bonds is 16. The molecule has 0 saturated heterocycles. The zero-order chi connectivity index (χ0) is 26.9. The lowest BCUT2D eigenvalue weighted by Crippen LogP contribution is -2.18. The van der Waals surface area contributed by atoms with Gasteiger partial charge in [0.1, 0.15) is 0 Å². The minimum absolute atomic E-state index is 0.186. The van der Waals surface area contributed by atoms with Crippen molar-refractivity contribution in [2.45, 2.75) is 46.0 Å². The van der Waals surface area contributed by atoms with Crippen molar-refractivity contribution in [2.24, 2.45) is 10.2 Å². The van der Waals surface area contributed by atoms with Gasteiger partial charge in [-0.2, -0.15) is 10.2 Å². The van der Waals surface area contributed by atoms with Crippen molar-refractivity contribution in [3.8, 4) is 23.0 Å². The first-order valence-electron chi connectivity index (χ1n) is 12.3. The van der Waals surface area contributed by atoms with E-state index in [-0.39, 0.29) is 11.8 Å². The van der Waals surface area contributed by atoms with Gasteiger partial charge in [0, 0.05) is 12.8 Å². The van der Waals surface area contributed by atoms with E-state index in [4.69, 9.17) is 18.9 Å². The van der Waals surface area contributed by atoms with Crippen molar-refractivity contribution in [3.05, 3.63) is 47.5 Å². The van der Waals surface area contributed by atoms with E-state index in [0.29, 0.717) is 61.9 Å². The molecule has 0 bridgehead atoms. The number of hydrogen-bond acceptors (Lipinski definition) is 8. The molecule has 0 saturated carbocycles. The van der Waals surface area contributed by atoms with Gasteiger partial charge in [-0.15, -0.1) is 0 Å². The van der Waals surface area contributed by atoms with E-state index in [1.54, 1.807) is 50.9 Å². The minimum Gasteiger partial charge on any atom is -0.493 e. The van der Waals surface area contributed by atoms with Crippen molar-refractivity contribution in [1.29, 1.82) is 0 Å². The number of benzene rings is 2. The summed E-state index contributed by atoms with van der Waals surface area (Å²) in [5.74, 6) is 2.13. The van der Waals surface area contributed by atoms with Gasteiger partial charge in [-0.25, -0.2) is 10.9 Å². The molecule has 2 aromatic carbocycles. The van der Waals surface area contributed by atoms with E-state index in [1.165, 1.54) is 0 Å². The van der Waals surface area contributed by atoms with Crippen LogP contribution in [0.2, 0.25) is 0 Å². The van der Waals surface area contributed by atoms with Crippen LogP contribution in [0.1, 0.15) is 57.1 Å². The summed E-state index contributed by atoms with van der Waals surface area (Å²) in [6.07, 6.45) is 5.78. The zero-order valence-corrected chi connectivity index (χ0v) is 21.9. The summed E-state index contributed by atoms with van der Waals surface area (Å²) in [5.41, 5.74) is 6.57. The quantitative estimate of drug-likeness (QED) is 0.199. The van der Waals surface area contributed by atoms with Crippen LogP contribution in [0.4, 0.5) is 0 Å². The van der Waals surface area contributed by atoms with Crippen LogP contribution in [0.25, 0.3) is 0 Å². The molecule has 2 N–H and O–H groups in total. The molecule has 0 spiro atoms. The van der Waals surface area contributed by atoms with Crippen LogP contribution in [0, 0.1) is 0 Å². The maximum absolute atomic E-state index is 12.0. The highest BCUT2D eigenvalue weighted by Crippen LogP contribution is 2.28. The molecule has 10 heteroatoms.